The fourth-order valence-corrected chi connectivity index (χ4v) is 1.69. The average Bonchev–Trinajstić information content (AvgIpc) is 2.42. The van der Waals surface area contributed by atoms with Gasteiger partial charge in [-0.25, -0.2) is 8.78 Å². The van der Waals surface area contributed by atoms with Crippen LogP contribution in [0.25, 0.3) is 0 Å². The van der Waals surface area contributed by atoms with Gasteiger partial charge in [0.25, 0.3) is 0 Å². The first kappa shape index (κ1) is 14.0. The van der Waals surface area contributed by atoms with E-state index in [4.69, 9.17) is 4.74 Å². The summed E-state index contributed by atoms with van der Waals surface area (Å²) in [5, 5.41) is 0. The maximum atomic E-state index is 13.7. The number of benzene rings is 2. The predicted octanol–water partition coefficient (Wildman–Crippen LogP) is 3.64. The Bertz CT molecular complexity index is 619. The first-order valence-electron chi connectivity index (χ1n) is 5.90. The van der Waals surface area contributed by atoms with Crippen molar-refractivity contribution in [3.63, 3.8) is 0 Å². The van der Waals surface area contributed by atoms with Crippen molar-refractivity contribution in [2.24, 2.45) is 0 Å². The third kappa shape index (κ3) is 2.93. The van der Waals surface area contributed by atoms with E-state index in [0.29, 0.717) is 12.0 Å². The molecule has 0 radical (unpaired) electrons. The molecule has 2 aromatic carbocycles. The molecule has 0 spiro atoms. The van der Waals surface area contributed by atoms with Gasteiger partial charge in [-0.05, 0) is 24.3 Å². The standard InChI is InChI=1S/C15H13F2NO2/c1-18(2)11-4-3-5-12(8-11)20-15-13(16)6-10(9-19)7-14(15)17/h3-9H,1-2H3. The molecule has 0 aliphatic carbocycles. The van der Waals surface area contributed by atoms with Crippen LogP contribution in [0.4, 0.5) is 14.5 Å². The molecule has 0 fully saturated rings. The van der Waals surface area contributed by atoms with Crippen LogP contribution >= 0.6 is 0 Å². The predicted molar refractivity (Wildman–Crippen MR) is 72.6 cm³/mol. The fourth-order valence-electron chi connectivity index (χ4n) is 1.69. The number of halogens is 2. The molecular formula is C15H13F2NO2. The van der Waals surface area contributed by atoms with Gasteiger partial charge in [0.15, 0.2) is 17.4 Å². The molecule has 0 unspecified atom stereocenters. The van der Waals surface area contributed by atoms with Crippen LogP contribution in [0.2, 0.25) is 0 Å². The lowest BCUT2D eigenvalue weighted by molar-refractivity contribution is 0.112. The van der Waals surface area contributed by atoms with Crippen LogP contribution in [0.15, 0.2) is 36.4 Å². The number of rotatable bonds is 4. The molecule has 3 nitrogen and oxygen atoms in total. The van der Waals surface area contributed by atoms with Crippen LogP contribution in [0, 0.1) is 11.6 Å². The number of hydrogen-bond acceptors (Lipinski definition) is 3. The van der Waals surface area contributed by atoms with Gasteiger partial charge in [0.1, 0.15) is 12.0 Å². The highest BCUT2D eigenvalue weighted by molar-refractivity contribution is 5.75. The Balaban J connectivity index is 2.35. The monoisotopic (exact) mass is 277 g/mol. The molecule has 0 aliphatic rings. The minimum Gasteiger partial charge on any atom is -0.451 e. The Hall–Kier alpha value is -2.43. The summed E-state index contributed by atoms with van der Waals surface area (Å²) in [7, 11) is 3.69. The zero-order valence-electron chi connectivity index (χ0n) is 11.1. The maximum Gasteiger partial charge on any atom is 0.198 e. The zero-order chi connectivity index (χ0) is 14.7. The highest BCUT2D eigenvalue weighted by Gasteiger charge is 2.14. The second-order valence-corrected chi connectivity index (χ2v) is 4.43. The Morgan fingerprint density at radius 3 is 2.30 bits per heavy atom. The summed E-state index contributed by atoms with van der Waals surface area (Å²) in [6, 6.07) is 8.68. The van der Waals surface area contributed by atoms with Crippen molar-refractivity contribution >= 4 is 12.0 Å². The molecule has 0 amide bonds. The van der Waals surface area contributed by atoms with Crippen LogP contribution in [0.1, 0.15) is 10.4 Å². The summed E-state index contributed by atoms with van der Waals surface area (Å²) in [6.45, 7) is 0. The van der Waals surface area contributed by atoms with Crippen molar-refractivity contribution in [1.29, 1.82) is 0 Å². The maximum absolute atomic E-state index is 13.7. The van der Waals surface area contributed by atoms with Crippen molar-refractivity contribution in [1.82, 2.24) is 0 Å². The van der Waals surface area contributed by atoms with Crippen molar-refractivity contribution < 1.29 is 18.3 Å². The SMILES string of the molecule is CN(C)c1cccc(Oc2c(F)cc(C=O)cc2F)c1. The van der Waals surface area contributed by atoms with E-state index in [1.54, 1.807) is 18.2 Å². The normalized spacial score (nSPS) is 10.2. The van der Waals surface area contributed by atoms with Crippen LogP contribution in [0.5, 0.6) is 11.5 Å². The summed E-state index contributed by atoms with van der Waals surface area (Å²) in [5.74, 6) is -2.04. The van der Waals surface area contributed by atoms with E-state index < -0.39 is 17.4 Å². The molecule has 20 heavy (non-hydrogen) atoms. The van der Waals surface area contributed by atoms with Gasteiger partial charge in [-0.15, -0.1) is 0 Å². The van der Waals surface area contributed by atoms with Crippen molar-refractivity contribution in [2.45, 2.75) is 0 Å². The molecule has 0 saturated carbocycles. The molecule has 0 atom stereocenters. The van der Waals surface area contributed by atoms with E-state index in [1.807, 2.05) is 25.1 Å². The molecule has 5 heteroatoms. The van der Waals surface area contributed by atoms with E-state index >= 15 is 0 Å². The highest BCUT2D eigenvalue weighted by atomic mass is 19.1. The molecular weight excluding hydrogens is 264 g/mol. The van der Waals surface area contributed by atoms with Gasteiger partial charge in [0, 0.05) is 31.4 Å². The van der Waals surface area contributed by atoms with Crippen LogP contribution in [-0.2, 0) is 0 Å². The molecule has 0 N–H and O–H groups in total. The number of nitrogens with zero attached hydrogens (tertiary/aromatic N) is 1. The molecule has 104 valence electrons. The minimum absolute atomic E-state index is 0.0746. The first-order chi connectivity index (χ1) is 9.51. The largest absolute Gasteiger partial charge is 0.451 e. The number of carbonyl (C=O) groups excluding carboxylic acids is 1. The quantitative estimate of drug-likeness (QED) is 0.799. The lowest BCUT2D eigenvalue weighted by Gasteiger charge is -2.14. The van der Waals surface area contributed by atoms with Gasteiger partial charge in [-0.2, -0.15) is 0 Å². The third-order valence-electron chi connectivity index (χ3n) is 2.71. The number of carbonyl (C=O) groups is 1. The first-order valence-corrected chi connectivity index (χ1v) is 5.90. The van der Waals surface area contributed by atoms with Gasteiger partial charge in [-0.3, -0.25) is 4.79 Å². The van der Waals surface area contributed by atoms with E-state index in [0.717, 1.165) is 17.8 Å². The molecule has 0 aliphatic heterocycles. The average molecular weight is 277 g/mol. The van der Waals surface area contributed by atoms with Crippen molar-refractivity contribution in [3.8, 4) is 11.5 Å². The van der Waals surface area contributed by atoms with E-state index in [-0.39, 0.29) is 5.56 Å². The number of ether oxygens (including phenoxy) is 1. The minimum atomic E-state index is -0.914. The summed E-state index contributed by atoms with van der Waals surface area (Å²) in [4.78, 5) is 12.4. The van der Waals surface area contributed by atoms with Gasteiger partial charge in [0.2, 0.25) is 0 Å². The van der Waals surface area contributed by atoms with Crippen LogP contribution in [-0.4, -0.2) is 20.4 Å². The number of hydrogen-bond donors (Lipinski definition) is 0. The van der Waals surface area contributed by atoms with Gasteiger partial charge in [-0.1, -0.05) is 6.07 Å². The summed E-state index contributed by atoms with van der Waals surface area (Å²) in [6.07, 6.45) is 0.378. The summed E-state index contributed by atoms with van der Waals surface area (Å²) >= 11 is 0. The molecule has 2 rings (SSSR count). The van der Waals surface area contributed by atoms with E-state index in [1.165, 1.54) is 0 Å². The molecule has 0 aromatic heterocycles. The zero-order valence-corrected chi connectivity index (χ0v) is 11.1. The van der Waals surface area contributed by atoms with Crippen LogP contribution < -0.4 is 9.64 Å². The second kappa shape index (κ2) is 5.69. The topological polar surface area (TPSA) is 29.5 Å². The third-order valence-corrected chi connectivity index (χ3v) is 2.71. The Labute approximate surface area is 115 Å². The number of aldehydes is 1. The summed E-state index contributed by atoms with van der Waals surface area (Å²) < 4.78 is 32.7. The summed E-state index contributed by atoms with van der Waals surface area (Å²) in [5.41, 5.74) is 0.766. The number of anilines is 1. The second-order valence-electron chi connectivity index (χ2n) is 4.43. The van der Waals surface area contributed by atoms with E-state index in [9.17, 15) is 13.6 Å². The highest BCUT2D eigenvalue weighted by Crippen LogP contribution is 2.30. The van der Waals surface area contributed by atoms with Crippen LogP contribution in [0.3, 0.4) is 0 Å². The lowest BCUT2D eigenvalue weighted by atomic mass is 10.2. The Morgan fingerprint density at radius 2 is 1.75 bits per heavy atom. The smallest absolute Gasteiger partial charge is 0.198 e. The van der Waals surface area contributed by atoms with Crippen molar-refractivity contribution in [2.75, 3.05) is 19.0 Å². The van der Waals surface area contributed by atoms with E-state index in [2.05, 4.69) is 0 Å². The molecule has 0 heterocycles. The Kier molecular flexibility index (Phi) is 3.98. The molecule has 2 aromatic rings. The van der Waals surface area contributed by atoms with Gasteiger partial charge >= 0.3 is 0 Å². The molecule has 0 bridgehead atoms. The van der Waals surface area contributed by atoms with Gasteiger partial charge in [0.05, 0.1) is 0 Å². The molecule has 0 saturated heterocycles. The van der Waals surface area contributed by atoms with Crippen molar-refractivity contribution in [3.05, 3.63) is 53.6 Å². The lowest BCUT2D eigenvalue weighted by Crippen LogP contribution is -2.08. The Morgan fingerprint density at radius 1 is 1.10 bits per heavy atom. The van der Waals surface area contributed by atoms with Gasteiger partial charge < -0.3 is 9.64 Å². The fraction of sp³-hybridized carbons (Fsp3) is 0.133.